The van der Waals surface area contributed by atoms with E-state index in [0.29, 0.717) is 16.3 Å². The molecular weight excluding hydrogens is 401 g/mol. The van der Waals surface area contributed by atoms with Gasteiger partial charge in [-0.15, -0.1) is 0 Å². The van der Waals surface area contributed by atoms with Gasteiger partial charge in [0.1, 0.15) is 12.4 Å². The van der Waals surface area contributed by atoms with E-state index in [2.05, 4.69) is 16.8 Å². The Kier molecular flexibility index (Phi) is 7.44. The van der Waals surface area contributed by atoms with Crippen LogP contribution in [0.25, 0.3) is 0 Å². The Morgan fingerprint density at radius 3 is 2.52 bits per heavy atom. The second kappa shape index (κ2) is 9.83. The summed E-state index contributed by atoms with van der Waals surface area (Å²) in [7, 11) is 2.14. The van der Waals surface area contributed by atoms with Crippen molar-refractivity contribution in [1.82, 2.24) is 9.80 Å². The predicted molar refractivity (Wildman–Crippen MR) is 109 cm³/mol. The summed E-state index contributed by atoms with van der Waals surface area (Å²) >= 11 is 6.15. The number of hydrogen-bond acceptors (Lipinski definition) is 3. The maximum Gasteiger partial charge on any atom is 0.416 e. The Morgan fingerprint density at radius 1 is 1.03 bits per heavy atom. The minimum absolute atomic E-state index is 0.0804. The zero-order valence-electron chi connectivity index (χ0n) is 16.5. The summed E-state index contributed by atoms with van der Waals surface area (Å²) in [4.78, 5) is 4.78. The number of ether oxygens (including phenoxy) is 1. The fraction of sp³-hybridized carbons (Fsp3) is 0.455. The minimum Gasteiger partial charge on any atom is -0.489 e. The summed E-state index contributed by atoms with van der Waals surface area (Å²) in [5.74, 6) is 0.671. The number of piperazine rings is 1. The first-order chi connectivity index (χ1) is 13.8. The van der Waals surface area contributed by atoms with Crippen LogP contribution in [-0.2, 0) is 19.2 Å². The molecule has 0 aliphatic carbocycles. The number of alkyl halides is 3. The molecule has 3 rings (SSSR count). The van der Waals surface area contributed by atoms with Gasteiger partial charge in [0.25, 0.3) is 0 Å². The average molecular weight is 427 g/mol. The van der Waals surface area contributed by atoms with Crippen LogP contribution in [0.1, 0.15) is 23.1 Å². The Morgan fingerprint density at radius 2 is 1.79 bits per heavy atom. The van der Waals surface area contributed by atoms with Gasteiger partial charge in [-0.25, -0.2) is 0 Å². The molecule has 158 valence electrons. The van der Waals surface area contributed by atoms with Crippen LogP contribution in [0.15, 0.2) is 42.5 Å². The molecule has 29 heavy (non-hydrogen) atoms. The monoisotopic (exact) mass is 426 g/mol. The molecule has 2 aromatic carbocycles. The number of rotatable bonds is 7. The van der Waals surface area contributed by atoms with E-state index < -0.39 is 11.7 Å². The minimum atomic E-state index is -4.36. The number of hydrogen-bond donors (Lipinski definition) is 0. The van der Waals surface area contributed by atoms with Crippen LogP contribution >= 0.6 is 11.6 Å². The van der Waals surface area contributed by atoms with Gasteiger partial charge >= 0.3 is 6.18 Å². The number of likely N-dealkylation sites (N-methyl/N-ethyl adjacent to an activating group) is 1. The van der Waals surface area contributed by atoms with Gasteiger partial charge in [0, 0.05) is 31.2 Å². The normalized spacial score (nSPS) is 16.2. The SMILES string of the molecule is CN1CCN(CCCc2cc(Cl)ccc2OCc2cccc(C(F)(F)F)c2)CC1. The molecule has 0 amide bonds. The molecule has 3 nitrogen and oxygen atoms in total. The third-order valence-electron chi connectivity index (χ3n) is 5.19. The summed E-state index contributed by atoms with van der Waals surface area (Å²) in [6, 6.07) is 10.7. The molecule has 1 fully saturated rings. The van der Waals surface area contributed by atoms with Crippen LogP contribution in [0.2, 0.25) is 5.02 Å². The first-order valence-corrected chi connectivity index (χ1v) is 10.2. The third-order valence-corrected chi connectivity index (χ3v) is 5.42. The molecule has 0 saturated carbocycles. The van der Waals surface area contributed by atoms with Crippen molar-refractivity contribution in [3.05, 3.63) is 64.2 Å². The Hall–Kier alpha value is -1.76. The van der Waals surface area contributed by atoms with Crippen molar-refractivity contribution in [1.29, 1.82) is 0 Å². The highest BCUT2D eigenvalue weighted by Gasteiger charge is 2.30. The molecule has 0 spiro atoms. The maximum atomic E-state index is 12.9. The van der Waals surface area contributed by atoms with Crippen molar-refractivity contribution in [3.8, 4) is 5.75 Å². The largest absolute Gasteiger partial charge is 0.489 e. The molecule has 1 saturated heterocycles. The molecular formula is C22H26ClF3N2O. The van der Waals surface area contributed by atoms with Crippen molar-refractivity contribution in [3.63, 3.8) is 0 Å². The highest BCUT2D eigenvalue weighted by atomic mass is 35.5. The summed E-state index contributed by atoms with van der Waals surface area (Å²) in [6.45, 7) is 5.41. The lowest BCUT2D eigenvalue weighted by Gasteiger charge is -2.32. The molecule has 0 aromatic heterocycles. The molecule has 0 N–H and O–H groups in total. The van der Waals surface area contributed by atoms with Gasteiger partial charge < -0.3 is 14.5 Å². The first kappa shape index (κ1) is 21.9. The second-order valence-electron chi connectivity index (χ2n) is 7.49. The summed E-state index contributed by atoms with van der Waals surface area (Å²) in [5.41, 5.74) is 0.805. The highest BCUT2D eigenvalue weighted by Crippen LogP contribution is 2.30. The lowest BCUT2D eigenvalue weighted by molar-refractivity contribution is -0.137. The van der Waals surface area contributed by atoms with Crippen molar-refractivity contribution in [2.45, 2.75) is 25.6 Å². The van der Waals surface area contributed by atoms with Crippen LogP contribution in [-0.4, -0.2) is 49.6 Å². The zero-order chi connectivity index (χ0) is 20.9. The molecule has 1 aliphatic heterocycles. The zero-order valence-corrected chi connectivity index (χ0v) is 17.3. The van der Waals surface area contributed by atoms with E-state index in [9.17, 15) is 13.2 Å². The highest BCUT2D eigenvalue weighted by molar-refractivity contribution is 6.30. The van der Waals surface area contributed by atoms with Gasteiger partial charge in [0.2, 0.25) is 0 Å². The van der Waals surface area contributed by atoms with Crippen LogP contribution in [0.3, 0.4) is 0 Å². The van der Waals surface area contributed by atoms with E-state index in [1.165, 1.54) is 6.07 Å². The standard InChI is InChI=1S/C22H26ClF3N2O/c1-27-10-12-28(13-11-27)9-3-5-18-15-20(23)7-8-21(18)29-16-17-4-2-6-19(14-17)22(24,25)26/h2,4,6-8,14-15H,3,5,9-13,16H2,1H3. The third kappa shape index (κ3) is 6.63. The Labute approximate surface area is 175 Å². The summed E-state index contributed by atoms with van der Waals surface area (Å²) in [5, 5.41) is 0.631. The quantitative estimate of drug-likeness (QED) is 0.611. The van der Waals surface area contributed by atoms with Crippen LogP contribution in [0.5, 0.6) is 5.75 Å². The molecule has 0 unspecified atom stereocenters. The summed E-state index contributed by atoms with van der Waals surface area (Å²) < 4.78 is 44.5. The average Bonchev–Trinajstić information content (AvgIpc) is 2.68. The molecule has 0 atom stereocenters. The second-order valence-corrected chi connectivity index (χ2v) is 7.92. The van der Waals surface area contributed by atoms with Gasteiger partial charge in [0.15, 0.2) is 0 Å². The van der Waals surface area contributed by atoms with Crippen molar-refractivity contribution < 1.29 is 17.9 Å². The molecule has 7 heteroatoms. The van der Waals surface area contributed by atoms with Gasteiger partial charge in [-0.1, -0.05) is 23.7 Å². The number of nitrogens with zero attached hydrogens (tertiary/aromatic N) is 2. The number of aryl methyl sites for hydroxylation is 1. The van der Waals surface area contributed by atoms with Crippen LogP contribution < -0.4 is 4.74 Å². The van der Waals surface area contributed by atoms with Crippen molar-refractivity contribution in [2.24, 2.45) is 0 Å². The van der Waals surface area contributed by atoms with Gasteiger partial charge in [-0.3, -0.25) is 0 Å². The van der Waals surface area contributed by atoms with Crippen molar-refractivity contribution >= 4 is 11.6 Å². The van der Waals surface area contributed by atoms with E-state index in [1.807, 2.05) is 6.07 Å². The van der Waals surface area contributed by atoms with Crippen LogP contribution in [0, 0.1) is 0 Å². The molecule has 2 aromatic rings. The summed E-state index contributed by atoms with van der Waals surface area (Å²) in [6.07, 6.45) is -2.57. The van der Waals surface area contributed by atoms with E-state index in [1.54, 1.807) is 18.2 Å². The lowest BCUT2D eigenvalue weighted by atomic mass is 10.1. The topological polar surface area (TPSA) is 15.7 Å². The molecule has 1 heterocycles. The van der Waals surface area contributed by atoms with Gasteiger partial charge in [-0.05, 0) is 67.9 Å². The number of halogens is 4. The van der Waals surface area contributed by atoms with E-state index in [0.717, 1.165) is 63.3 Å². The van der Waals surface area contributed by atoms with Gasteiger partial charge in [0.05, 0.1) is 5.56 Å². The smallest absolute Gasteiger partial charge is 0.416 e. The van der Waals surface area contributed by atoms with E-state index in [4.69, 9.17) is 16.3 Å². The van der Waals surface area contributed by atoms with Gasteiger partial charge in [-0.2, -0.15) is 13.2 Å². The van der Waals surface area contributed by atoms with Crippen LogP contribution in [0.4, 0.5) is 13.2 Å². The number of benzene rings is 2. The first-order valence-electron chi connectivity index (χ1n) is 9.79. The fourth-order valence-electron chi connectivity index (χ4n) is 3.45. The predicted octanol–water partition coefficient (Wildman–Crippen LogP) is 5.12. The Bertz CT molecular complexity index is 805. The van der Waals surface area contributed by atoms with Crippen molar-refractivity contribution in [2.75, 3.05) is 39.8 Å². The van der Waals surface area contributed by atoms with E-state index in [-0.39, 0.29) is 6.61 Å². The Balaban J connectivity index is 1.58. The fourth-order valence-corrected chi connectivity index (χ4v) is 3.64. The molecule has 0 radical (unpaired) electrons. The maximum absolute atomic E-state index is 12.9. The molecule has 1 aliphatic rings. The van der Waals surface area contributed by atoms with E-state index >= 15 is 0 Å². The lowest BCUT2D eigenvalue weighted by Crippen LogP contribution is -2.44. The molecule has 0 bridgehead atoms.